The monoisotopic (exact) mass is 349 g/mol. The van der Waals surface area contributed by atoms with E-state index in [4.69, 9.17) is 28.8 Å². The van der Waals surface area contributed by atoms with E-state index in [1.807, 2.05) is 26.8 Å². The zero-order valence-corrected chi connectivity index (χ0v) is 15.9. The molecule has 0 bridgehead atoms. The first-order valence-electron chi connectivity index (χ1n) is 7.13. The number of hydrogen-bond acceptors (Lipinski definition) is 2. The molecule has 1 aliphatic heterocycles. The van der Waals surface area contributed by atoms with E-state index < -0.39 is 5.39 Å². The lowest BCUT2D eigenvalue weighted by Crippen LogP contribution is -2.32. The maximum absolute atomic E-state index is 5.80. The molecule has 2 nitrogen and oxygen atoms in total. The van der Waals surface area contributed by atoms with Crippen LogP contribution in [0.25, 0.3) is 0 Å². The predicted molar refractivity (Wildman–Crippen MR) is 106 cm³/mol. The average molecular weight is 350 g/mol. The van der Waals surface area contributed by atoms with Gasteiger partial charge in [0.25, 0.3) is 0 Å². The van der Waals surface area contributed by atoms with Crippen molar-refractivity contribution in [3.8, 4) is 0 Å². The Labute approximate surface area is 142 Å². The summed E-state index contributed by atoms with van der Waals surface area (Å²) in [5.74, 6) is 0. The lowest BCUT2D eigenvalue weighted by Gasteiger charge is -2.35. The molecular formula is C16H32NOPS2. The van der Waals surface area contributed by atoms with Crippen molar-refractivity contribution in [2.45, 2.75) is 42.0 Å². The van der Waals surface area contributed by atoms with Crippen LogP contribution in [0.1, 0.15) is 42.0 Å². The second-order valence-electron chi connectivity index (χ2n) is 4.45. The molecule has 0 aromatic heterocycles. The van der Waals surface area contributed by atoms with Crippen LogP contribution < -0.4 is 0 Å². The third-order valence-corrected chi connectivity index (χ3v) is 7.55. The highest BCUT2D eigenvalue weighted by molar-refractivity contribution is 8.64. The fourth-order valence-electron chi connectivity index (χ4n) is 1.66. The van der Waals surface area contributed by atoms with Gasteiger partial charge in [0.15, 0.2) is 0 Å². The first-order chi connectivity index (χ1) is 9.48. The van der Waals surface area contributed by atoms with Crippen molar-refractivity contribution in [1.29, 1.82) is 0 Å². The topological polar surface area (TPSA) is 12.5 Å². The quantitative estimate of drug-likeness (QED) is 0.400. The second kappa shape index (κ2) is 12.7. The molecule has 1 saturated heterocycles. The third-order valence-electron chi connectivity index (χ3n) is 2.63. The molecule has 0 amide bonds. The van der Waals surface area contributed by atoms with Crippen LogP contribution in [0.5, 0.6) is 0 Å². The van der Waals surface area contributed by atoms with Crippen molar-refractivity contribution in [3.63, 3.8) is 0 Å². The molecule has 0 spiro atoms. The van der Waals surface area contributed by atoms with Gasteiger partial charge in [-0.2, -0.15) is 0 Å². The molecular weight excluding hydrogens is 317 g/mol. The average Bonchev–Trinajstić information content (AvgIpc) is 2.46. The Morgan fingerprint density at radius 1 is 1.19 bits per heavy atom. The summed E-state index contributed by atoms with van der Waals surface area (Å²) in [5, 5.41) is -0.795. The van der Waals surface area contributed by atoms with Gasteiger partial charge in [0.05, 0.1) is 18.6 Å². The standard InChI is InChI=1S/C13H22NOPS2.C2H6.CH4/c1-4-5-13(7-6-12(2)3)16(17,18)14-8-10-15-11-9-14;1-2;/h4-7H,8-11H2,1-3H3,(H,17,18);1-2H3;1H4/b5-4-,13-7+;;. The van der Waals surface area contributed by atoms with Gasteiger partial charge < -0.3 is 4.74 Å². The summed E-state index contributed by atoms with van der Waals surface area (Å²) in [5.41, 5.74) is 1.27. The Morgan fingerprint density at radius 2 is 1.71 bits per heavy atom. The number of nitrogens with zero attached hydrogens (tertiary/aromatic N) is 1. The lowest BCUT2D eigenvalue weighted by molar-refractivity contribution is 0.0757. The third kappa shape index (κ3) is 8.37. The van der Waals surface area contributed by atoms with E-state index in [0.29, 0.717) is 0 Å². The van der Waals surface area contributed by atoms with Crippen LogP contribution in [0.2, 0.25) is 0 Å². The lowest BCUT2D eigenvalue weighted by atomic mass is 10.3. The molecule has 0 radical (unpaired) electrons. The summed E-state index contributed by atoms with van der Waals surface area (Å²) < 4.78 is 7.67. The van der Waals surface area contributed by atoms with Crippen LogP contribution in [0, 0.1) is 0 Å². The summed E-state index contributed by atoms with van der Waals surface area (Å²) in [4.78, 5) is 0. The van der Waals surface area contributed by atoms with Gasteiger partial charge >= 0.3 is 0 Å². The fourth-order valence-corrected chi connectivity index (χ4v) is 5.10. The maximum atomic E-state index is 5.80. The summed E-state index contributed by atoms with van der Waals surface area (Å²) in [6, 6.07) is 0. The molecule has 5 heteroatoms. The number of hydrogen-bond donors (Lipinski definition) is 1. The van der Waals surface area contributed by atoms with E-state index in [9.17, 15) is 0 Å². The Hall–Kier alpha value is 0.140. The van der Waals surface area contributed by atoms with Gasteiger partial charge in [-0.25, -0.2) is 0 Å². The van der Waals surface area contributed by atoms with Gasteiger partial charge in [0.2, 0.25) is 0 Å². The van der Waals surface area contributed by atoms with Crippen molar-refractivity contribution in [2.75, 3.05) is 26.3 Å². The van der Waals surface area contributed by atoms with Crippen molar-refractivity contribution in [3.05, 3.63) is 35.2 Å². The zero-order valence-electron chi connectivity index (χ0n) is 13.3. The van der Waals surface area contributed by atoms with E-state index in [-0.39, 0.29) is 7.43 Å². The molecule has 124 valence electrons. The van der Waals surface area contributed by atoms with E-state index in [1.54, 1.807) is 0 Å². The SMILES string of the molecule is C.C/C=C\C(=C/C=C(C)C)P(=S)(S)N1CCOCC1.CC. The molecule has 21 heavy (non-hydrogen) atoms. The first kappa shape index (κ1) is 23.4. The highest BCUT2D eigenvalue weighted by atomic mass is 32.9. The Kier molecular flexibility index (Phi) is 14.1. The molecule has 0 aromatic rings. The van der Waals surface area contributed by atoms with Gasteiger partial charge in [0.1, 0.15) is 0 Å². The van der Waals surface area contributed by atoms with Crippen molar-refractivity contribution >= 4 is 29.4 Å². The van der Waals surface area contributed by atoms with E-state index in [1.165, 1.54) is 5.57 Å². The van der Waals surface area contributed by atoms with Gasteiger partial charge in [-0.15, -0.1) is 12.2 Å². The van der Waals surface area contributed by atoms with Gasteiger partial charge in [-0.1, -0.05) is 63.0 Å². The zero-order chi connectivity index (χ0) is 15.6. The van der Waals surface area contributed by atoms with Crippen LogP contribution in [-0.4, -0.2) is 31.0 Å². The molecule has 1 aliphatic rings. The summed E-state index contributed by atoms with van der Waals surface area (Å²) >= 11 is 10.6. The minimum Gasteiger partial charge on any atom is -0.379 e. The molecule has 1 fully saturated rings. The van der Waals surface area contributed by atoms with Crippen LogP contribution in [-0.2, 0) is 16.5 Å². The number of morpholine rings is 1. The van der Waals surface area contributed by atoms with Gasteiger partial charge in [-0.3, -0.25) is 4.67 Å². The van der Waals surface area contributed by atoms with Crippen LogP contribution in [0.4, 0.5) is 0 Å². The molecule has 1 atom stereocenters. The molecule has 0 aliphatic carbocycles. The first-order valence-corrected chi connectivity index (χ1v) is 11.0. The highest BCUT2D eigenvalue weighted by Crippen LogP contribution is 2.62. The molecule has 0 N–H and O–H groups in total. The van der Waals surface area contributed by atoms with Crippen molar-refractivity contribution < 1.29 is 4.74 Å². The second-order valence-corrected chi connectivity index (χ2v) is 10.7. The molecule has 0 saturated carbocycles. The number of allylic oxidation sites excluding steroid dienone is 6. The fraction of sp³-hybridized carbons (Fsp3) is 0.625. The summed E-state index contributed by atoms with van der Waals surface area (Å²) in [7, 11) is 0. The minimum atomic E-state index is -1.94. The van der Waals surface area contributed by atoms with Crippen molar-refractivity contribution in [1.82, 2.24) is 4.67 Å². The number of ether oxygens (including phenoxy) is 1. The Bertz CT molecular complexity index is 407. The predicted octanol–water partition coefficient (Wildman–Crippen LogP) is 5.65. The molecule has 1 rings (SSSR count). The summed E-state index contributed by atoms with van der Waals surface area (Å²) in [6.07, 6.45) is 8.33. The highest BCUT2D eigenvalue weighted by Gasteiger charge is 2.26. The van der Waals surface area contributed by atoms with Crippen molar-refractivity contribution in [2.24, 2.45) is 0 Å². The van der Waals surface area contributed by atoms with Crippen LogP contribution in [0.15, 0.2) is 35.2 Å². The van der Waals surface area contributed by atoms with Crippen LogP contribution >= 0.6 is 17.6 Å². The molecule has 1 unspecified atom stereocenters. The Morgan fingerprint density at radius 3 is 2.14 bits per heavy atom. The van der Waals surface area contributed by atoms with E-state index in [2.05, 4.69) is 36.7 Å². The van der Waals surface area contributed by atoms with Gasteiger partial charge in [-0.05, 0) is 20.8 Å². The number of thiol groups is 1. The largest absolute Gasteiger partial charge is 0.379 e. The summed E-state index contributed by atoms with van der Waals surface area (Å²) in [6.45, 7) is 13.4. The Balaban J connectivity index is 0. The smallest absolute Gasteiger partial charge is 0.0924 e. The molecule has 1 heterocycles. The van der Waals surface area contributed by atoms with Gasteiger partial charge in [0, 0.05) is 18.4 Å². The number of rotatable bonds is 4. The van der Waals surface area contributed by atoms with E-state index in [0.717, 1.165) is 31.6 Å². The van der Waals surface area contributed by atoms with E-state index >= 15 is 0 Å². The molecule has 0 aromatic carbocycles. The van der Waals surface area contributed by atoms with Crippen LogP contribution in [0.3, 0.4) is 0 Å². The maximum Gasteiger partial charge on any atom is 0.0924 e. The minimum absolute atomic E-state index is 0. The normalized spacial score (nSPS) is 19.0.